The van der Waals surface area contributed by atoms with Crippen molar-refractivity contribution in [2.75, 3.05) is 26.2 Å². The third-order valence-corrected chi connectivity index (χ3v) is 4.23. The standard InChI is InChI=1S/C14H17N3O4/c18-13(16-9-14(10-16)5-7-15-8-6-14)21-12-3-1-11(2-4-12)17(19)20/h1-4,15H,5-10H2. The molecule has 0 saturated carbocycles. The van der Waals surface area contributed by atoms with Crippen LogP contribution in [0.15, 0.2) is 24.3 Å². The van der Waals surface area contributed by atoms with Crippen molar-refractivity contribution in [2.24, 2.45) is 5.41 Å². The monoisotopic (exact) mass is 291 g/mol. The van der Waals surface area contributed by atoms with Gasteiger partial charge in [0, 0.05) is 30.6 Å². The van der Waals surface area contributed by atoms with Crippen LogP contribution < -0.4 is 10.1 Å². The summed E-state index contributed by atoms with van der Waals surface area (Å²) in [6.45, 7) is 3.48. The van der Waals surface area contributed by atoms with Gasteiger partial charge in [-0.2, -0.15) is 0 Å². The third kappa shape index (κ3) is 2.82. The van der Waals surface area contributed by atoms with E-state index in [2.05, 4.69) is 5.32 Å². The molecular formula is C14H17N3O4. The van der Waals surface area contributed by atoms with E-state index in [0.717, 1.165) is 39.0 Å². The van der Waals surface area contributed by atoms with Gasteiger partial charge in [-0.3, -0.25) is 10.1 Å². The summed E-state index contributed by atoms with van der Waals surface area (Å²) in [4.78, 5) is 23.8. The number of amides is 1. The number of hydrogen-bond acceptors (Lipinski definition) is 5. The first-order chi connectivity index (χ1) is 10.1. The minimum Gasteiger partial charge on any atom is -0.410 e. The highest BCUT2D eigenvalue weighted by Gasteiger charge is 2.46. The van der Waals surface area contributed by atoms with E-state index in [1.807, 2.05) is 0 Å². The highest BCUT2D eigenvalue weighted by Crippen LogP contribution is 2.38. The molecule has 7 heteroatoms. The quantitative estimate of drug-likeness (QED) is 0.663. The Morgan fingerprint density at radius 1 is 1.24 bits per heavy atom. The Kier molecular flexibility index (Phi) is 3.50. The molecule has 21 heavy (non-hydrogen) atoms. The molecule has 1 N–H and O–H groups in total. The number of non-ortho nitro benzene ring substituents is 1. The van der Waals surface area contributed by atoms with Crippen molar-refractivity contribution < 1.29 is 14.5 Å². The normalized spacial score (nSPS) is 19.9. The van der Waals surface area contributed by atoms with Crippen LogP contribution in [-0.2, 0) is 0 Å². The first-order valence-corrected chi connectivity index (χ1v) is 7.00. The van der Waals surface area contributed by atoms with Crippen LogP contribution in [0.3, 0.4) is 0 Å². The minimum atomic E-state index is -0.484. The molecule has 0 aromatic heterocycles. The second-order valence-corrected chi connectivity index (χ2v) is 5.73. The summed E-state index contributed by atoms with van der Waals surface area (Å²) in [6, 6.07) is 5.53. The highest BCUT2D eigenvalue weighted by atomic mass is 16.6. The van der Waals surface area contributed by atoms with Gasteiger partial charge >= 0.3 is 6.09 Å². The zero-order chi connectivity index (χ0) is 14.9. The van der Waals surface area contributed by atoms with Crippen LogP contribution in [0.4, 0.5) is 10.5 Å². The van der Waals surface area contributed by atoms with Crippen molar-refractivity contribution in [1.29, 1.82) is 0 Å². The molecule has 2 fully saturated rings. The Bertz CT molecular complexity index is 544. The third-order valence-electron chi connectivity index (χ3n) is 4.23. The molecule has 2 heterocycles. The Balaban J connectivity index is 1.54. The fourth-order valence-electron chi connectivity index (χ4n) is 2.97. The molecule has 1 spiro atoms. The molecule has 0 bridgehead atoms. The van der Waals surface area contributed by atoms with Crippen LogP contribution in [0.2, 0.25) is 0 Å². The number of nitrogens with zero attached hydrogens (tertiary/aromatic N) is 2. The smallest absolute Gasteiger partial charge is 0.410 e. The number of rotatable bonds is 2. The van der Waals surface area contributed by atoms with Crippen LogP contribution in [0.5, 0.6) is 5.75 Å². The van der Waals surface area contributed by atoms with Gasteiger partial charge in [0.05, 0.1) is 4.92 Å². The number of nitrogens with one attached hydrogen (secondary N) is 1. The summed E-state index contributed by atoms with van der Waals surface area (Å²) in [5.74, 6) is 0.330. The molecule has 3 rings (SSSR count). The number of carbonyl (C=O) groups is 1. The van der Waals surface area contributed by atoms with Crippen molar-refractivity contribution in [3.8, 4) is 5.75 Å². The van der Waals surface area contributed by atoms with Gasteiger partial charge in [-0.25, -0.2) is 4.79 Å². The van der Waals surface area contributed by atoms with Gasteiger partial charge in [-0.1, -0.05) is 0 Å². The molecule has 112 valence electrons. The molecule has 2 aliphatic rings. The number of hydrogen-bond donors (Lipinski definition) is 1. The molecule has 0 unspecified atom stereocenters. The Labute approximate surface area is 122 Å². The molecular weight excluding hydrogens is 274 g/mol. The molecule has 0 radical (unpaired) electrons. The number of carbonyl (C=O) groups excluding carboxylic acids is 1. The van der Waals surface area contributed by atoms with Crippen molar-refractivity contribution in [2.45, 2.75) is 12.8 Å². The Morgan fingerprint density at radius 2 is 1.86 bits per heavy atom. The number of nitro benzene ring substituents is 1. The van der Waals surface area contributed by atoms with E-state index in [-0.39, 0.29) is 17.2 Å². The van der Waals surface area contributed by atoms with Crippen molar-refractivity contribution in [3.63, 3.8) is 0 Å². The largest absolute Gasteiger partial charge is 0.415 e. The van der Waals surface area contributed by atoms with E-state index in [9.17, 15) is 14.9 Å². The topological polar surface area (TPSA) is 84.7 Å². The molecule has 0 aliphatic carbocycles. The van der Waals surface area contributed by atoms with E-state index in [0.29, 0.717) is 5.75 Å². The van der Waals surface area contributed by atoms with Gasteiger partial charge in [0.2, 0.25) is 0 Å². The summed E-state index contributed by atoms with van der Waals surface area (Å²) in [7, 11) is 0. The van der Waals surface area contributed by atoms with Crippen LogP contribution in [0.1, 0.15) is 12.8 Å². The second-order valence-electron chi connectivity index (χ2n) is 5.73. The maximum Gasteiger partial charge on any atom is 0.415 e. The first kappa shape index (κ1) is 13.8. The number of likely N-dealkylation sites (tertiary alicyclic amines) is 1. The summed E-state index contributed by atoms with van der Waals surface area (Å²) in [5, 5.41) is 13.9. The summed E-state index contributed by atoms with van der Waals surface area (Å²) in [6.07, 6.45) is 1.80. The molecule has 1 amide bonds. The predicted octanol–water partition coefficient (Wildman–Crippen LogP) is 1.78. The summed E-state index contributed by atoms with van der Waals surface area (Å²) >= 11 is 0. The average Bonchev–Trinajstić information content (AvgIpc) is 2.46. The van der Waals surface area contributed by atoms with E-state index >= 15 is 0 Å². The average molecular weight is 291 g/mol. The molecule has 7 nitrogen and oxygen atoms in total. The lowest BCUT2D eigenvalue weighted by molar-refractivity contribution is -0.384. The van der Waals surface area contributed by atoms with Gasteiger partial charge < -0.3 is 15.0 Å². The zero-order valence-electron chi connectivity index (χ0n) is 11.6. The van der Waals surface area contributed by atoms with Crippen LogP contribution >= 0.6 is 0 Å². The Morgan fingerprint density at radius 3 is 2.43 bits per heavy atom. The van der Waals surface area contributed by atoms with Crippen LogP contribution in [-0.4, -0.2) is 42.1 Å². The second kappa shape index (κ2) is 5.33. The lowest BCUT2D eigenvalue weighted by Crippen LogP contribution is -2.62. The maximum atomic E-state index is 12.0. The maximum absolute atomic E-state index is 12.0. The van der Waals surface area contributed by atoms with Gasteiger partial charge in [0.25, 0.3) is 5.69 Å². The van der Waals surface area contributed by atoms with Gasteiger partial charge in [-0.15, -0.1) is 0 Å². The highest BCUT2D eigenvalue weighted by molar-refractivity contribution is 5.72. The van der Waals surface area contributed by atoms with Crippen molar-refractivity contribution in [1.82, 2.24) is 10.2 Å². The Hall–Kier alpha value is -2.15. The van der Waals surface area contributed by atoms with E-state index < -0.39 is 4.92 Å². The van der Waals surface area contributed by atoms with Crippen molar-refractivity contribution >= 4 is 11.8 Å². The summed E-state index contributed by atoms with van der Waals surface area (Å²) in [5.41, 5.74) is 0.243. The fourth-order valence-corrected chi connectivity index (χ4v) is 2.97. The van der Waals surface area contributed by atoms with E-state index in [1.165, 1.54) is 24.3 Å². The number of piperidine rings is 1. The fraction of sp³-hybridized carbons (Fsp3) is 0.500. The molecule has 0 atom stereocenters. The van der Waals surface area contributed by atoms with Crippen molar-refractivity contribution in [3.05, 3.63) is 34.4 Å². The number of nitro groups is 1. The molecule has 2 aliphatic heterocycles. The predicted molar refractivity (Wildman–Crippen MR) is 75.2 cm³/mol. The van der Waals surface area contributed by atoms with Crippen LogP contribution in [0.25, 0.3) is 0 Å². The van der Waals surface area contributed by atoms with Gasteiger partial charge in [0.1, 0.15) is 5.75 Å². The van der Waals surface area contributed by atoms with Crippen LogP contribution in [0, 0.1) is 15.5 Å². The molecule has 1 aromatic carbocycles. The van der Waals surface area contributed by atoms with E-state index in [1.54, 1.807) is 4.90 Å². The number of ether oxygens (including phenoxy) is 1. The molecule has 1 aromatic rings. The van der Waals surface area contributed by atoms with E-state index in [4.69, 9.17) is 4.74 Å². The lowest BCUT2D eigenvalue weighted by atomic mass is 9.73. The van der Waals surface area contributed by atoms with Gasteiger partial charge in [-0.05, 0) is 38.1 Å². The first-order valence-electron chi connectivity index (χ1n) is 7.00. The summed E-state index contributed by atoms with van der Waals surface area (Å²) < 4.78 is 5.24. The van der Waals surface area contributed by atoms with Gasteiger partial charge in [0.15, 0.2) is 0 Å². The number of benzene rings is 1. The molecule has 2 saturated heterocycles. The minimum absolute atomic E-state index is 0.0209. The SMILES string of the molecule is O=C(Oc1ccc([N+](=O)[O-])cc1)N1CC2(CCNCC2)C1. The zero-order valence-corrected chi connectivity index (χ0v) is 11.6. The lowest BCUT2D eigenvalue weighted by Gasteiger charge is -2.51.